The molecule has 0 aliphatic heterocycles. The van der Waals surface area contributed by atoms with Gasteiger partial charge in [0.1, 0.15) is 0 Å². The third-order valence-corrected chi connectivity index (χ3v) is 9.32. The van der Waals surface area contributed by atoms with Gasteiger partial charge in [-0.25, -0.2) is 29.5 Å². The van der Waals surface area contributed by atoms with Crippen molar-refractivity contribution in [3.63, 3.8) is 0 Å². The number of benzene rings is 6. The van der Waals surface area contributed by atoms with Gasteiger partial charge >= 0.3 is 12.4 Å². The van der Waals surface area contributed by atoms with Crippen LogP contribution in [0.1, 0.15) is 11.1 Å². The third kappa shape index (κ3) is 6.27. The first-order valence-corrected chi connectivity index (χ1v) is 16.7. The molecule has 2 heterocycles. The number of aromatic nitrogens is 3. The van der Waals surface area contributed by atoms with Crippen LogP contribution in [0.3, 0.4) is 0 Å². The average molecular weight is 747 g/mol. The van der Waals surface area contributed by atoms with E-state index < -0.39 is 23.5 Å². The van der Waals surface area contributed by atoms with Crippen LogP contribution in [0, 0.1) is 19.7 Å². The van der Waals surface area contributed by atoms with Crippen LogP contribution in [-0.4, -0.2) is 15.0 Å². The van der Waals surface area contributed by atoms with E-state index in [1.165, 1.54) is 12.1 Å². The highest BCUT2D eigenvalue weighted by Crippen LogP contribution is 2.45. The summed E-state index contributed by atoms with van der Waals surface area (Å²) >= 11 is 0. The fourth-order valence-corrected chi connectivity index (χ4v) is 6.67. The van der Waals surface area contributed by atoms with E-state index in [-0.39, 0.29) is 22.9 Å². The Hall–Kier alpha value is -7.62. The summed E-state index contributed by atoms with van der Waals surface area (Å²) in [4.78, 5) is 26.1. The molecule has 2 aromatic heterocycles. The summed E-state index contributed by atoms with van der Waals surface area (Å²) in [6.07, 6.45) is -10.0. The van der Waals surface area contributed by atoms with Gasteiger partial charge in [0.2, 0.25) is 0 Å². The number of hydrogen-bond donors (Lipinski definition) is 0. The second-order valence-corrected chi connectivity index (χ2v) is 12.7. The van der Waals surface area contributed by atoms with Gasteiger partial charge in [0.15, 0.2) is 17.1 Å². The van der Waals surface area contributed by atoms with Gasteiger partial charge in [-0.15, -0.1) is 0 Å². The van der Waals surface area contributed by atoms with Crippen molar-refractivity contribution in [3.8, 4) is 44.9 Å². The Morgan fingerprint density at radius 2 is 0.911 bits per heavy atom. The summed E-state index contributed by atoms with van der Waals surface area (Å²) in [7, 11) is 0. The lowest BCUT2D eigenvalue weighted by molar-refractivity contribution is -0.143. The zero-order valence-corrected chi connectivity index (χ0v) is 28.5. The molecule has 0 bridgehead atoms. The maximum Gasteiger partial charge on any atom is 0.416 e. The lowest BCUT2D eigenvalue weighted by atomic mass is 9.94. The van der Waals surface area contributed by atoms with Crippen molar-refractivity contribution in [1.29, 1.82) is 0 Å². The molecule has 8 rings (SSSR count). The molecular weight excluding hydrogens is 727 g/mol. The Morgan fingerprint density at radius 1 is 0.429 bits per heavy atom. The van der Waals surface area contributed by atoms with Gasteiger partial charge < -0.3 is 0 Å². The van der Waals surface area contributed by atoms with Crippen LogP contribution in [0.4, 0.5) is 43.4 Å². The van der Waals surface area contributed by atoms with Crippen LogP contribution < -0.4 is 0 Å². The van der Waals surface area contributed by atoms with Gasteiger partial charge in [0, 0.05) is 16.3 Å². The molecule has 268 valence electrons. The maximum atomic E-state index is 13.7. The molecule has 56 heavy (non-hydrogen) atoms. The van der Waals surface area contributed by atoms with Crippen molar-refractivity contribution in [2.45, 2.75) is 12.4 Å². The molecule has 0 atom stereocenters. The zero-order valence-electron chi connectivity index (χ0n) is 28.5. The lowest BCUT2D eigenvalue weighted by Gasteiger charge is -2.17. The summed E-state index contributed by atoms with van der Waals surface area (Å²) in [5.74, 6) is 0. The first-order chi connectivity index (χ1) is 26.9. The van der Waals surface area contributed by atoms with Crippen molar-refractivity contribution >= 4 is 49.8 Å². The molecule has 0 saturated carbocycles. The summed E-state index contributed by atoms with van der Waals surface area (Å²) in [5.41, 5.74) is 2.36. The minimum atomic E-state index is -5.01. The Bertz CT molecular complexity index is 2970. The van der Waals surface area contributed by atoms with Gasteiger partial charge in [-0.1, -0.05) is 91.0 Å². The van der Waals surface area contributed by atoms with Gasteiger partial charge in [-0.05, 0) is 58.0 Å². The van der Waals surface area contributed by atoms with E-state index in [1.807, 2.05) is 12.1 Å². The van der Waals surface area contributed by atoms with E-state index in [1.54, 1.807) is 78.9 Å². The van der Waals surface area contributed by atoms with Crippen LogP contribution >= 0.6 is 0 Å². The molecule has 6 nitrogen and oxygen atoms in total. The van der Waals surface area contributed by atoms with Gasteiger partial charge in [0.05, 0.1) is 64.5 Å². The molecule has 6 aromatic carbocycles. The van der Waals surface area contributed by atoms with E-state index in [0.29, 0.717) is 90.0 Å². The molecule has 0 fully saturated rings. The minimum absolute atomic E-state index is 0.0887. The summed E-state index contributed by atoms with van der Waals surface area (Å²) in [6, 6.07) is 29.9. The number of nitrogens with zero attached hydrogens (tertiary/aromatic N) is 6. The number of fused-ring (bicyclic) bond motifs is 5. The van der Waals surface area contributed by atoms with E-state index in [9.17, 15) is 26.3 Å². The second kappa shape index (κ2) is 13.3. The van der Waals surface area contributed by atoms with E-state index >= 15 is 0 Å². The minimum Gasteiger partial charge on any atom is -0.247 e. The largest absolute Gasteiger partial charge is 0.416 e. The van der Waals surface area contributed by atoms with Crippen molar-refractivity contribution in [2.75, 3.05) is 0 Å². The van der Waals surface area contributed by atoms with Crippen LogP contribution in [0.15, 0.2) is 121 Å². The predicted molar refractivity (Wildman–Crippen MR) is 203 cm³/mol. The Morgan fingerprint density at radius 3 is 1.45 bits per heavy atom. The summed E-state index contributed by atoms with van der Waals surface area (Å²) in [6.45, 7) is 23.0. The zero-order chi connectivity index (χ0) is 39.4. The molecule has 0 N–H and O–H groups in total. The van der Waals surface area contributed by atoms with Crippen molar-refractivity contribution in [2.24, 2.45) is 0 Å². The van der Waals surface area contributed by atoms with Gasteiger partial charge in [-0.3, -0.25) is 0 Å². The van der Waals surface area contributed by atoms with E-state index in [4.69, 9.17) is 34.7 Å². The normalized spacial score (nSPS) is 11.7. The molecule has 0 unspecified atom stereocenters. The van der Waals surface area contributed by atoms with E-state index in [2.05, 4.69) is 14.5 Å². The highest BCUT2D eigenvalue weighted by molar-refractivity contribution is 6.24. The van der Waals surface area contributed by atoms with E-state index in [0.717, 1.165) is 0 Å². The highest BCUT2D eigenvalue weighted by Gasteiger charge is 2.37. The molecule has 0 aliphatic carbocycles. The van der Waals surface area contributed by atoms with Gasteiger partial charge in [0.25, 0.3) is 0 Å². The molecule has 0 amide bonds. The molecule has 0 aliphatic rings. The molecule has 0 saturated heterocycles. The Kier molecular flexibility index (Phi) is 8.44. The molecule has 8 aromatic rings. The number of para-hydroxylation sites is 1. The number of hydrogen-bond acceptors (Lipinski definition) is 3. The van der Waals surface area contributed by atoms with Crippen molar-refractivity contribution in [1.82, 2.24) is 15.0 Å². The van der Waals surface area contributed by atoms with Crippen molar-refractivity contribution < 1.29 is 26.3 Å². The van der Waals surface area contributed by atoms with Crippen molar-refractivity contribution in [3.05, 3.63) is 167 Å². The fraction of sp³-hybridized carbons (Fsp3) is 0.0455. The first kappa shape index (κ1) is 35.4. The quantitative estimate of drug-likeness (QED) is 0.102. The summed E-state index contributed by atoms with van der Waals surface area (Å²) < 4.78 is 82.2. The molecule has 12 heteroatoms. The smallest absolute Gasteiger partial charge is 0.247 e. The SMILES string of the molecule is [C-]#[N+]c1ccc(-c2nc3cc([N+]#[C-])c4c5ccccc5nc(-c5ccc(-c6cc(C(F)(F)F)cc(C(F)(F)F)c6)cc5)c4c3nc2-c2ccc([N+]#[C-])cc2)cc1. The van der Waals surface area contributed by atoms with Crippen LogP contribution in [0.5, 0.6) is 0 Å². The average Bonchev–Trinajstić information content (AvgIpc) is 3.21. The number of alkyl halides is 6. The topological polar surface area (TPSA) is 51.8 Å². The Balaban J connectivity index is 1.42. The number of halogens is 6. The second-order valence-electron chi connectivity index (χ2n) is 12.7. The number of rotatable bonds is 4. The third-order valence-electron chi connectivity index (χ3n) is 9.32. The van der Waals surface area contributed by atoms with Gasteiger partial charge in [-0.2, -0.15) is 26.3 Å². The lowest BCUT2D eigenvalue weighted by Crippen LogP contribution is -2.11. The standard InChI is InChI=1S/C44H20F6N6/c1-51-31-16-12-26(13-17-31)40-41(27-14-18-32(52-2)19-15-27)56-42-36(55-40)23-35(53-3)37-33-6-4-5-7-34(33)54-39(38(37)42)25-10-8-24(9-11-25)28-20-29(43(45,46)47)22-30(21-28)44(48,49)50/h4-23H. The predicted octanol–water partition coefficient (Wildman–Crippen LogP) is 13.7. The molecule has 0 radical (unpaired) electrons. The fourth-order valence-electron chi connectivity index (χ4n) is 6.67. The molecule has 0 spiro atoms. The highest BCUT2D eigenvalue weighted by atomic mass is 19.4. The summed E-state index contributed by atoms with van der Waals surface area (Å²) in [5, 5.41) is 1.64. The Labute approximate surface area is 314 Å². The monoisotopic (exact) mass is 746 g/mol. The maximum absolute atomic E-state index is 13.7. The number of pyridine rings is 1. The molecular formula is C44H20F6N6. The van der Waals surface area contributed by atoms with Crippen LogP contribution in [0.25, 0.3) is 92.1 Å². The first-order valence-electron chi connectivity index (χ1n) is 16.7. The van der Waals surface area contributed by atoms with Crippen LogP contribution in [0.2, 0.25) is 0 Å². The van der Waals surface area contributed by atoms with Crippen LogP contribution in [-0.2, 0) is 12.4 Å².